The Morgan fingerprint density at radius 2 is 1.59 bits per heavy atom. The van der Waals surface area contributed by atoms with Gasteiger partial charge in [-0.3, -0.25) is 24.6 Å². The molecule has 1 unspecified atom stereocenters. The van der Waals surface area contributed by atoms with E-state index in [9.17, 15) is 19.2 Å². The molecule has 1 saturated heterocycles. The van der Waals surface area contributed by atoms with Crippen LogP contribution in [0.5, 0.6) is 0 Å². The van der Waals surface area contributed by atoms with Crippen molar-refractivity contribution in [1.82, 2.24) is 10.2 Å². The number of benzene rings is 2. The van der Waals surface area contributed by atoms with Crippen molar-refractivity contribution in [2.45, 2.75) is 6.42 Å². The Morgan fingerprint density at radius 1 is 0.963 bits per heavy atom. The van der Waals surface area contributed by atoms with Crippen LogP contribution in [0.2, 0.25) is 0 Å². The fourth-order valence-electron chi connectivity index (χ4n) is 2.80. The Balaban J connectivity index is 1.71. The second-order valence-electron chi connectivity index (χ2n) is 6.10. The first-order valence-electron chi connectivity index (χ1n) is 8.53. The number of carbonyl (C=O) groups is 4. The minimum absolute atomic E-state index is 0.0914. The number of nitrogens with one attached hydrogen (secondary N) is 1. The summed E-state index contributed by atoms with van der Waals surface area (Å²) >= 11 is 0. The van der Waals surface area contributed by atoms with E-state index in [1.54, 1.807) is 12.1 Å². The lowest BCUT2D eigenvalue weighted by molar-refractivity contribution is -0.146. The van der Waals surface area contributed by atoms with Gasteiger partial charge in [0.2, 0.25) is 5.91 Å². The highest BCUT2D eigenvalue weighted by atomic mass is 16.2. The van der Waals surface area contributed by atoms with Crippen molar-refractivity contribution < 1.29 is 19.2 Å². The Kier molecular flexibility index (Phi) is 5.56. The number of hydrogen-bond donors (Lipinski definition) is 1. The van der Waals surface area contributed by atoms with Gasteiger partial charge in [0.1, 0.15) is 0 Å². The SMILES string of the molecule is O=C(C=Cc1ccccc1)C1C(=O)NC(=O)N(CCc2ccccc2)C1=O. The van der Waals surface area contributed by atoms with Crippen molar-refractivity contribution >= 4 is 29.7 Å². The van der Waals surface area contributed by atoms with Crippen LogP contribution in [0.4, 0.5) is 4.79 Å². The van der Waals surface area contributed by atoms with Crippen LogP contribution in [0.1, 0.15) is 11.1 Å². The third kappa shape index (κ3) is 4.36. The van der Waals surface area contributed by atoms with Gasteiger partial charge in [0, 0.05) is 6.54 Å². The topological polar surface area (TPSA) is 83.6 Å². The monoisotopic (exact) mass is 362 g/mol. The first kappa shape index (κ1) is 18.3. The van der Waals surface area contributed by atoms with E-state index < -0.39 is 29.5 Å². The van der Waals surface area contributed by atoms with Gasteiger partial charge in [-0.2, -0.15) is 0 Å². The van der Waals surface area contributed by atoms with E-state index >= 15 is 0 Å². The van der Waals surface area contributed by atoms with Crippen LogP contribution in [0.3, 0.4) is 0 Å². The molecule has 3 rings (SSSR count). The normalized spacial score (nSPS) is 17.3. The minimum atomic E-state index is -1.54. The molecule has 0 aliphatic carbocycles. The Bertz CT molecular complexity index is 891. The van der Waals surface area contributed by atoms with Crippen LogP contribution < -0.4 is 5.32 Å². The Labute approximate surface area is 156 Å². The van der Waals surface area contributed by atoms with E-state index in [1.807, 2.05) is 48.5 Å². The van der Waals surface area contributed by atoms with Crippen molar-refractivity contribution in [3.05, 3.63) is 77.9 Å². The molecule has 136 valence electrons. The van der Waals surface area contributed by atoms with Crippen molar-refractivity contribution in [1.29, 1.82) is 0 Å². The lowest BCUT2D eigenvalue weighted by Crippen LogP contribution is -2.60. The summed E-state index contributed by atoms with van der Waals surface area (Å²) in [6.45, 7) is 0.0914. The minimum Gasteiger partial charge on any atom is -0.293 e. The molecule has 1 aliphatic rings. The van der Waals surface area contributed by atoms with Crippen molar-refractivity contribution in [3.63, 3.8) is 0 Å². The summed E-state index contributed by atoms with van der Waals surface area (Å²) in [5.74, 6) is -3.87. The molecule has 1 N–H and O–H groups in total. The molecule has 27 heavy (non-hydrogen) atoms. The van der Waals surface area contributed by atoms with Gasteiger partial charge in [-0.25, -0.2) is 4.79 Å². The van der Waals surface area contributed by atoms with Crippen LogP contribution >= 0.6 is 0 Å². The summed E-state index contributed by atoms with van der Waals surface area (Å²) in [7, 11) is 0. The molecular weight excluding hydrogens is 344 g/mol. The third-order valence-electron chi connectivity index (χ3n) is 4.24. The third-order valence-corrected chi connectivity index (χ3v) is 4.24. The lowest BCUT2D eigenvalue weighted by Gasteiger charge is -2.29. The average Bonchev–Trinajstić information content (AvgIpc) is 2.67. The number of imide groups is 2. The van der Waals surface area contributed by atoms with Crippen LogP contribution in [0.15, 0.2) is 66.7 Å². The first-order valence-corrected chi connectivity index (χ1v) is 8.53. The van der Waals surface area contributed by atoms with E-state index in [2.05, 4.69) is 5.32 Å². The van der Waals surface area contributed by atoms with Crippen LogP contribution in [0.25, 0.3) is 6.08 Å². The number of allylic oxidation sites excluding steroid dienone is 1. The quantitative estimate of drug-likeness (QED) is 0.631. The molecule has 0 spiro atoms. The summed E-state index contributed by atoms with van der Waals surface area (Å²) < 4.78 is 0. The summed E-state index contributed by atoms with van der Waals surface area (Å²) in [6, 6.07) is 17.6. The number of barbiturate groups is 1. The highest BCUT2D eigenvalue weighted by Crippen LogP contribution is 2.14. The number of ketones is 1. The number of hydrogen-bond acceptors (Lipinski definition) is 4. The van der Waals surface area contributed by atoms with E-state index in [4.69, 9.17) is 0 Å². The molecule has 2 aromatic rings. The lowest BCUT2D eigenvalue weighted by atomic mass is 9.98. The molecule has 1 aliphatic heterocycles. The molecule has 6 heteroatoms. The van der Waals surface area contributed by atoms with Crippen molar-refractivity contribution in [2.24, 2.45) is 5.92 Å². The highest BCUT2D eigenvalue weighted by Gasteiger charge is 2.43. The zero-order valence-electron chi connectivity index (χ0n) is 14.5. The number of urea groups is 1. The van der Waals surface area contributed by atoms with Crippen LogP contribution in [-0.2, 0) is 20.8 Å². The number of amides is 4. The molecule has 1 heterocycles. The smallest absolute Gasteiger partial charge is 0.293 e. The highest BCUT2D eigenvalue weighted by molar-refractivity contribution is 6.28. The van der Waals surface area contributed by atoms with Gasteiger partial charge in [0.25, 0.3) is 5.91 Å². The number of rotatable bonds is 6. The molecule has 1 fully saturated rings. The summed E-state index contributed by atoms with van der Waals surface area (Å²) in [4.78, 5) is 50.0. The molecule has 2 aromatic carbocycles. The molecule has 6 nitrogen and oxygen atoms in total. The molecule has 0 saturated carbocycles. The zero-order chi connectivity index (χ0) is 19.2. The first-order chi connectivity index (χ1) is 13.1. The van der Waals surface area contributed by atoms with Crippen molar-refractivity contribution in [2.75, 3.05) is 6.54 Å². The van der Waals surface area contributed by atoms with Crippen LogP contribution in [-0.4, -0.2) is 35.1 Å². The van der Waals surface area contributed by atoms with Gasteiger partial charge in [-0.15, -0.1) is 0 Å². The van der Waals surface area contributed by atoms with E-state index in [0.717, 1.165) is 16.0 Å². The number of carbonyl (C=O) groups excluding carboxylic acids is 4. The Morgan fingerprint density at radius 3 is 2.26 bits per heavy atom. The fourth-order valence-corrected chi connectivity index (χ4v) is 2.80. The van der Waals surface area contributed by atoms with Gasteiger partial charge in [0.15, 0.2) is 11.7 Å². The molecule has 0 bridgehead atoms. The fraction of sp³-hybridized carbons (Fsp3) is 0.143. The maximum Gasteiger partial charge on any atom is 0.330 e. The molecule has 0 radical (unpaired) electrons. The van der Waals surface area contributed by atoms with E-state index in [1.165, 1.54) is 12.2 Å². The molecule has 0 aromatic heterocycles. The summed E-state index contributed by atoms with van der Waals surface area (Å²) in [5.41, 5.74) is 1.72. The second kappa shape index (κ2) is 8.23. The molecular formula is C21H18N2O4. The summed E-state index contributed by atoms with van der Waals surface area (Å²) in [6.07, 6.45) is 3.17. The molecule has 1 atom stereocenters. The van der Waals surface area contributed by atoms with Gasteiger partial charge in [0.05, 0.1) is 0 Å². The predicted octanol–water partition coefficient (Wildman–Crippen LogP) is 2.21. The maximum absolute atomic E-state index is 12.6. The second-order valence-corrected chi connectivity index (χ2v) is 6.10. The van der Waals surface area contributed by atoms with Crippen molar-refractivity contribution in [3.8, 4) is 0 Å². The largest absolute Gasteiger partial charge is 0.330 e. The van der Waals surface area contributed by atoms with Gasteiger partial charge in [-0.1, -0.05) is 66.7 Å². The summed E-state index contributed by atoms with van der Waals surface area (Å²) in [5, 5.41) is 2.10. The number of nitrogens with zero attached hydrogens (tertiary/aromatic N) is 1. The van der Waals surface area contributed by atoms with Crippen LogP contribution in [0, 0.1) is 5.92 Å². The van der Waals surface area contributed by atoms with Gasteiger partial charge >= 0.3 is 6.03 Å². The Hall–Kier alpha value is -3.54. The average molecular weight is 362 g/mol. The maximum atomic E-state index is 12.6. The molecule has 4 amide bonds. The predicted molar refractivity (Wildman–Crippen MR) is 99.4 cm³/mol. The van der Waals surface area contributed by atoms with Gasteiger partial charge < -0.3 is 0 Å². The van der Waals surface area contributed by atoms with E-state index in [-0.39, 0.29) is 6.54 Å². The van der Waals surface area contributed by atoms with E-state index in [0.29, 0.717) is 6.42 Å². The zero-order valence-corrected chi connectivity index (χ0v) is 14.5. The standard InChI is InChI=1S/C21H18N2O4/c24-17(12-11-15-7-3-1-4-8-15)18-19(25)22-21(27)23(20(18)26)14-13-16-9-5-2-6-10-16/h1-12,18H,13-14H2,(H,22,25,27). The van der Waals surface area contributed by atoms with Gasteiger partial charge in [-0.05, 0) is 23.6 Å².